The van der Waals surface area contributed by atoms with E-state index >= 15 is 0 Å². The zero-order chi connectivity index (χ0) is 26.9. The molecule has 10 nitrogen and oxygen atoms in total. The SMILES string of the molecule is C=CC(=O)OCCCCCCOC(=O)CCN(CCO)CCC(=O)OCCCCCCOC(=O)C=C. The quantitative estimate of drug-likeness (QED) is 0.0890. The molecule has 0 aromatic heterocycles. The molecule has 0 aliphatic heterocycles. The third-order valence-electron chi connectivity index (χ3n) is 5.11. The second kappa shape index (κ2) is 24.0. The number of rotatable bonds is 24. The Balaban J connectivity index is 3.78. The van der Waals surface area contributed by atoms with E-state index in [1.54, 1.807) is 0 Å². The van der Waals surface area contributed by atoms with Gasteiger partial charge in [0.15, 0.2) is 0 Å². The van der Waals surface area contributed by atoms with Crippen LogP contribution in [0.25, 0.3) is 0 Å². The molecule has 0 radical (unpaired) electrons. The van der Waals surface area contributed by atoms with Crippen LogP contribution in [0.15, 0.2) is 25.3 Å². The lowest BCUT2D eigenvalue weighted by Gasteiger charge is -2.20. The summed E-state index contributed by atoms with van der Waals surface area (Å²) in [6.45, 7) is 9.08. The smallest absolute Gasteiger partial charge is 0.330 e. The summed E-state index contributed by atoms with van der Waals surface area (Å²) in [7, 11) is 0. The van der Waals surface area contributed by atoms with Crippen molar-refractivity contribution in [3.8, 4) is 0 Å². The molecule has 0 fully saturated rings. The second-order valence-corrected chi connectivity index (χ2v) is 8.08. The minimum atomic E-state index is -0.426. The van der Waals surface area contributed by atoms with Gasteiger partial charge in [-0.2, -0.15) is 0 Å². The fourth-order valence-electron chi connectivity index (χ4n) is 3.07. The number of ether oxygens (including phenoxy) is 4. The molecule has 0 heterocycles. The van der Waals surface area contributed by atoms with Crippen molar-refractivity contribution in [3.05, 3.63) is 25.3 Å². The Labute approximate surface area is 214 Å². The third-order valence-corrected chi connectivity index (χ3v) is 5.11. The molecule has 0 aliphatic carbocycles. The largest absolute Gasteiger partial charge is 0.466 e. The second-order valence-electron chi connectivity index (χ2n) is 8.08. The fraction of sp³-hybridized carbons (Fsp3) is 0.692. The summed E-state index contributed by atoms with van der Waals surface area (Å²) in [5.74, 6) is -1.49. The van der Waals surface area contributed by atoms with Crippen molar-refractivity contribution in [3.63, 3.8) is 0 Å². The van der Waals surface area contributed by atoms with Crippen LogP contribution in [0.2, 0.25) is 0 Å². The molecule has 0 saturated heterocycles. The maximum Gasteiger partial charge on any atom is 0.330 e. The molecule has 0 amide bonds. The number of esters is 4. The number of nitrogens with zero attached hydrogens (tertiary/aromatic N) is 1. The van der Waals surface area contributed by atoms with E-state index in [0.29, 0.717) is 46.1 Å². The average Bonchev–Trinajstić information content (AvgIpc) is 2.88. The summed E-state index contributed by atoms with van der Waals surface area (Å²) in [5, 5.41) is 9.24. The first kappa shape index (κ1) is 33.3. The Bertz CT molecular complexity index is 599. The highest BCUT2D eigenvalue weighted by Crippen LogP contribution is 2.04. The predicted molar refractivity (Wildman–Crippen MR) is 134 cm³/mol. The lowest BCUT2D eigenvalue weighted by atomic mass is 10.2. The van der Waals surface area contributed by atoms with Gasteiger partial charge in [-0.05, 0) is 51.4 Å². The van der Waals surface area contributed by atoms with Gasteiger partial charge in [-0.3, -0.25) is 14.5 Å². The first-order valence-electron chi connectivity index (χ1n) is 12.7. The molecule has 0 unspecified atom stereocenters. The molecule has 0 bridgehead atoms. The van der Waals surface area contributed by atoms with Gasteiger partial charge >= 0.3 is 23.9 Å². The Morgan fingerprint density at radius 2 is 0.944 bits per heavy atom. The van der Waals surface area contributed by atoms with Crippen molar-refractivity contribution in [2.75, 3.05) is 52.7 Å². The topological polar surface area (TPSA) is 129 Å². The summed E-state index contributed by atoms with van der Waals surface area (Å²) in [4.78, 5) is 47.6. The highest BCUT2D eigenvalue weighted by atomic mass is 16.5. The van der Waals surface area contributed by atoms with Crippen LogP contribution in [0.1, 0.15) is 64.2 Å². The highest BCUT2D eigenvalue weighted by molar-refractivity contribution is 5.81. The maximum absolute atomic E-state index is 12.0. The molecule has 0 aliphatic rings. The zero-order valence-electron chi connectivity index (χ0n) is 21.5. The molecule has 0 saturated carbocycles. The van der Waals surface area contributed by atoms with Gasteiger partial charge in [0.25, 0.3) is 0 Å². The summed E-state index contributed by atoms with van der Waals surface area (Å²) in [6.07, 6.45) is 9.05. The standard InChI is InChI=1S/C26H43NO9/c1-3-23(29)33-19-9-5-7-11-21-35-25(31)13-15-27(17-18-28)16-14-26(32)36-22-12-8-6-10-20-34-24(30)4-2/h3-4,28H,1-2,5-22H2. The Morgan fingerprint density at radius 3 is 1.28 bits per heavy atom. The minimum Gasteiger partial charge on any atom is -0.466 e. The first-order valence-corrected chi connectivity index (χ1v) is 12.7. The van der Waals surface area contributed by atoms with Crippen molar-refractivity contribution < 1.29 is 43.2 Å². The van der Waals surface area contributed by atoms with E-state index in [1.165, 1.54) is 0 Å². The third kappa shape index (κ3) is 21.8. The van der Waals surface area contributed by atoms with Gasteiger partial charge in [0.2, 0.25) is 0 Å². The van der Waals surface area contributed by atoms with Crippen molar-refractivity contribution in [2.45, 2.75) is 64.2 Å². The van der Waals surface area contributed by atoms with Crippen LogP contribution in [0.3, 0.4) is 0 Å². The fourth-order valence-corrected chi connectivity index (χ4v) is 3.07. The van der Waals surface area contributed by atoms with Crippen molar-refractivity contribution >= 4 is 23.9 Å². The molecule has 0 atom stereocenters. The van der Waals surface area contributed by atoms with Crippen molar-refractivity contribution in [2.24, 2.45) is 0 Å². The van der Waals surface area contributed by atoms with Gasteiger partial charge in [0.1, 0.15) is 0 Å². The van der Waals surface area contributed by atoms with Crippen LogP contribution < -0.4 is 0 Å². The van der Waals surface area contributed by atoms with Gasteiger partial charge in [-0.25, -0.2) is 9.59 Å². The molecule has 10 heteroatoms. The Morgan fingerprint density at radius 1 is 0.583 bits per heavy atom. The van der Waals surface area contributed by atoms with Crippen LogP contribution in [0.4, 0.5) is 0 Å². The molecule has 1 N–H and O–H groups in total. The van der Waals surface area contributed by atoms with Gasteiger partial charge in [0, 0.05) is 31.8 Å². The molecule has 0 rings (SSSR count). The van der Waals surface area contributed by atoms with Crippen LogP contribution >= 0.6 is 0 Å². The molecule has 206 valence electrons. The number of aliphatic hydroxyl groups excluding tert-OH is 1. The molecule has 0 aromatic carbocycles. The number of hydrogen-bond acceptors (Lipinski definition) is 10. The predicted octanol–water partition coefficient (Wildman–Crippen LogP) is 2.73. The molecule has 36 heavy (non-hydrogen) atoms. The van der Waals surface area contributed by atoms with Gasteiger partial charge in [-0.15, -0.1) is 0 Å². The Hall–Kier alpha value is -2.72. The number of carbonyl (C=O) groups is 4. The molecular weight excluding hydrogens is 470 g/mol. The van der Waals surface area contributed by atoms with Crippen LogP contribution in [-0.2, 0) is 38.1 Å². The number of unbranched alkanes of at least 4 members (excludes halogenated alkanes) is 6. The van der Waals surface area contributed by atoms with E-state index < -0.39 is 11.9 Å². The number of aliphatic hydroxyl groups is 1. The summed E-state index contributed by atoms with van der Waals surface area (Å²) >= 11 is 0. The lowest BCUT2D eigenvalue weighted by molar-refractivity contribution is -0.144. The Kier molecular flexibility index (Phi) is 22.2. The van der Waals surface area contributed by atoms with Gasteiger partial charge in [-0.1, -0.05) is 13.2 Å². The van der Waals surface area contributed by atoms with E-state index in [2.05, 4.69) is 13.2 Å². The van der Waals surface area contributed by atoms with Crippen LogP contribution in [0, 0.1) is 0 Å². The van der Waals surface area contributed by atoms with Crippen LogP contribution in [0.5, 0.6) is 0 Å². The number of hydrogen-bond donors (Lipinski definition) is 1. The van der Waals surface area contributed by atoms with E-state index in [1.807, 2.05) is 4.90 Å². The van der Waals surface area contributed by atoms with E-state index in [9.17, 15) is 24.3 Å². The van der Waals surface area contributed by atoms with E-state index in [-0.39, 0.29) is 31.4 Å². The molecule has 0 spiro atoms. The maximum atomic E-state index is 12.0. The van der Waals surface area contributed by atoms with Gasteiger partial charge in [0.05, 0.1) is 45.9 Å². The highest BCUT2D eigenvalue weighted by Gasteiger charge is 2.12. The lowest BCUT2D eigenvalue weighted by Crippen LogP contribution is -2.32. The summed E-state index contributed by atoms with van der Waals surface area (Å²) < 4.78 is 20.2. The summed E-state index contributed by atoms with van der Waals surface area (Å²) in [6, 6.07) is 0. The van der Waals surface area contributed by atoms with E-state index in [0.717, 1.165) is 63.5 Å². The summed E-state index contributed by atoms with van der Waals surface area (Å²) in [5.41, 5.74) is 0. The normalized spacial score (nSPS) is 10.5. The molecular formula is C26H43NO9. The van der Waals surface area contributed by atoms with Crippen molar-refractivity contribution in [1.29, 1.82) is 0 Å². The minimum absolute atomic E-state index is 0.0751. The average molecular weight is 514 g/mol. The molecule has 0 aromatic rings. The zero-order valence-corrected chi connectivity index (χ0v) is 21.5. The monoisotopic (exact) mass is 513 g/mol. The van der Waals surface area contributed by atoms with E-state index in [4.69, 9.17) is 18.9 Å². The van der Waals surface area contributed by atoms with Crippen LogP contribution in [-0.4, -0.2) is 86.6 Å². The first-order chi connectivity index (χ1) is 17.4. The van der Waals surface area contributed by atoms with Crippen molar-refractivity contribution in [1.82, 2.24) is 4.90 Å². The number of carbonyl (C=O) groups excluding carboxylic acids is 4. The van der Waals surface area contributed by atoms with Gasteiger partial charge < -0.3 is 24.1 Å².